The van der Waals surface area contributed by atoms with Crippen LogP contribution in [0.15, 0.2) is 36.0 Å². The molecule has 7 nitrogen and oxygen atoms in total. The zero-order chi connectivity index (χ0) is 16.5. The first kappa shape index (κ1) is 16.9. The van der Waals surface area contributed by atoms with Crippen LogP contribution in [-0.4, -0.2) is 24.4 Å². The van der Waals surface area contributed by atoms with Crippen LogP contribution >= 0.6 is 0 Å². The highest BCUT2D eigenvalue weighted by molar-refractivity contribution is 6.05. The maximum atomic E-state index is 11.6. The Morgan fingerprint density at radius 1 is 1.27 bits per heavy atom. The summed E-state index contributed by atoms with van der Waals surface area (Å²) in [6.45, 7) is 3.17. The fourth-order valence-corrected chi connectivity index (χ4v) is 1.43. The molecule has 7 heteroatoms. The molecule has 2 amide bonds. The summed E-state index contributed by atoms with van der Waals surface area (Å²) in [6.07, 6.45) is 0.247. The number of anilines is 1. The van der Waals surface area contributed by atoms with Gasteiger partial charge in [-0.3, -0.25) is 14.9 Å². The zero-order valence-electron chi connectivity index (χ0n) is 12.2. The predicted molar refractivity (Wildman–Crippen MR) is 78.9 cm³/mol. The molecule has 0 unspecified atom stereocenters. The van der Waals surface area contributed by atoms with Gasteiger partial charge in [0.15, 0.2) is 5.78 Å². The van der Waals surface area contributed by atoms with Crippen molar-refractivity contribution in [2.45, 2.75) is 13.8 Å². The number of Topliss-reactive ketones (excluding diaryl/α,β-unsaturated/α-hetero) is 1. The number of hydrogen-bond acceptors (Lipinski definition) is 6. The number of nitriles is 1. The summed E-state index contributed by atoms with van der Waals surface area (Å²) in [5, 5.41) is 13.6. The van der Waals surface area contributed by atoms with Crippen LogP contribution in [0.2, 0.25) is 0 Å². The average Bonchev–Trinajstić information content (AvgIpc) is 2.48. The van der Waals surface area contributed by atoms with Crippen LogP contribution in [0, 0.1) is 11.3 Å². The van der Waals surface area contributed by atoms with E-state index in [2.05, 4.69) is 10.1 Å². The van der Waals surface area contributed by atoms with Gasteiger partial charge in [0.2, 0.25) is 0 Å². The molecule has 1 aromatic carbocycles. The van der Waals surface area contributed by atoms with Crippen LogP contribution in [0.3, 0.4) is 0 Å². The number of nitrogens with one attached hydrogen (secondary N) is 2. The Balaban J connectivity index is 2.73. The lowest BCUT2D eigenvalue weighted by Gasteiger charge is -2.04. The van der Waals surface area contributed by atoms with Gasteiger partial charge in [-0.25, -0.2) is 4.79 Å². The number of imide groups is 1. The van der Waals surface area contributed by atoms with E-state index in [1.165, 1.54) is 6.92 Å². The molecule has 0 spiro atoms. The van der Waals surface area contributed by atoms with Crippen LogP contribution in [0.4, 0.5) is 10.5 Å². The number of alkyl carbamates (subject to hydrolysis) is 1. The van der Waals surface area contributed by atoms with E-state index in [9.17, 15) is 14.4 Å². The second-order valence-electron chi connectivity index (χ2n) is 4.12. The molecule has 2 N–H and O–H groups in total. The quantitative estimate of drug-likeness (QED) is 0.489. The van der Waals surface area contributed by atoms with Gasteiger partial charge >= 0.3 is 6.09 Å². The number of carbonyl (C=O) groups is 3. The smallest absolute Gasteiger partial charge is 0.414 e. The third kappa shape index (κ3) is 5.09. The van der Waals surface area contributed by atoms with Crippen LogP contribution in [0.25, 0.3) is 0 Å². The minimum atomic E-state index is -0.917. The standard InChI is InChI=1S/C15H15N3O4/c1-3-22-15(21)18-14(20)12(8-16)9-17-13-6-4-11(5-7-13)10(2)19/h4-7,9,17H,3H2,1-2H3,(H,18,20,21)/b12-9-. The topological polar surface area (TPSA) is 108 Å². The van der Waals surface area contributed by atoms with E-state index in [1.807, 2.05) is 5.32 Å². The van der Waals surface area contributed by atoms with Crippen LogP contribution in [0.5, 0.6) is 0 Å². The number of ether oxygens (including phenoxy) is 1. The summed E-state index contributed by atoms with van der Waals surface area (Å²) < 4.78 is 4.55. The summed E-state index contributed by atoms with van der Waals surface area (Å²) in [4.78, 5) is 33.9. The Bertz CT molecular complexity index is 642. The van der Waals surface area contributed by atoms with E-state index in [4.69, 9.17) is 5.26 Å². The van der Waals surface area contributed by atoms with Gasteiger partial charge in [-0.05, 0) is 38.1 Å². The van der Waals surface area contributed by atoms with Gasteiger partial charge in [0.05, 0.1) is 6.61 Å². The molecule has 0 bridgehead atoms. The minimum Gasteiger partial charge on any atom is -0.450 e. The number of carbonyl (C=O) groups excluding carboxylic acids is 3. The maximum Gasteiger partial charge on any atom is 0.414 e. The van der Waals surface area contributed by atoms with E-state index < -0.39 is 12.0 Å². The van der Waals surface area contributed by atoms with Crippen LogP contribution in [0.1, 0.15) is 24.2 Å². The van der Waals surface area contributed by atoms with Crippen LogP contribution < -0.4 is 10.6 Å². The van der Waals surface area contributed by atoms with Gasteiger partial charge in [0.25, 0.3) is 5.91 Å². The average molecular weight is 301 g/mol. The number of benzene rings is 1. The number of nitrogens with zero attached hydrogens (tertiary/aromatic N) is 1. The highest BCUT2D eigenvalue weighted by atomic mass is 16.5. The maximum absolute atomic E-state index is 11.6. The van der Waals surface area contributed by atoms with E-state index in [1.54, 1.807) is 37.3 Å². The normalized spacial score (nSPS) is 10.3. The molecule has 0 aromatic heterocycles. The third-order valence-electron chi connectivity index (χ3n) is 2.53. The first-order chi connectivity index (χ1) is 10.5. The zero-order valence-corrected chi connectivity index (χ0v) is 12.2. The largest absolute Gasteiger partial charge is 0.450 e. The fraction of sp³-hybridized carbons (Fsp3) is 0.200. The first-order valence-corrected chi connectivity index (χ1v) is 6.43. The summed E-state index contributed by atoms with van der Waals surface area (Å²) >= 11 is 0. The van der Waals surface area contributed by atoms with Crippen molar-refractivity contribution >= 4 is 23.5 Å². The van der Waals surface area contributed by atoms with Crippen molar-refractivity contribution in [2.24, 2.45) is 0 Å². The molecule has 0 saturated heterocycles. The van der Waals surface area contributed by atoms with Crippen molar-refractivity contribution in [3.8, 4) is 6.07 Å². The highest BCUT2D eigenvalue weighted by Gasteiger charge is 2.13. The molecule has 0 atom stereocenters. The van der Waals surface area contributed by atoms with Crippen molar-refractivity contribution < 1.29 is 19.1 Å². The van der Waals surface area contributed by atoms with Crippen molar-refractivity contribution in [1.29, 1.82) is 5.26 Å². The van der Waals surface area contributed by atoms with Crippen molar-refractivity contribution in [3.05, 3.63) is 41.6 Å². The lowest BCUT2D eigenvalue weighted by molar-refractivity contribution is -0.116. The Hall–Kier alpha value is -3.14. The molecule has 0 heterocycles. The number of ketones is 1. The van der Waals surface area contributed by atoms with Gasteiger partial charge in [-0.15, -0.1) is 0 Å². The lowest BCUT2D eigenvalue weighted by Crippen LogP contribution is -2.32. The molecule has 0 aliphatic rings. The molecule has 0 fully saturated rings. The summed E-state index contributed by atoms with van der Waals surface area (Å²) in [6, 6.07) is 8.16. The van der Waals surface area contributed by atoms with Crippen molar-refractivity contribution in [3.63, 3.8) is 0 Å². The lowest BCUT2D eigenvalue weighted by atomic mass is 10.1. The molecule has 1 aromatic rings. The Morgan fingerprint density at radius 3 is 2.41 bits per heavy atom. The minimum absolute atomic E-state index is 0.0615. The second-order valence-corrected chi connectivity index (χ2v) is 4.12. The van der Waals surface area contributed by atoms with Crippen LogP contribution in [-0.2, 0) is 9.53 Å². The van der Waals surface area contributed by atoms with Gasteiger partial charge < -0.3 is 10.1 Å². The number of amides is 2. The fourth-order valence-electron chi connectivity index (χ4n) is 1.43. The van der Waals surface area contributed by atoms with Gasteiger partial charge in [0, 0.05) is 17.5 Å². The third-order valence-corrected chi connectivity index (χ3v) is 2.53. The number of rotatable bonds is 5. The van der Waals surface area contributed by atoms with Gasteiger partial charge in [-0.2, -0.15) is 5.26 Å². The molecular formula is C15H15N3O4. The predicted octanol–water partition coefficient (Wildman–Crippen LogP) is 1.98. The van der Waals surface area contributed by atoms with Crippen molar-refractivity contribution in [2.75, 3.05) is 11.9 Å². The molecule has 22 heavy (non-hydrogen) atoms. The second kappa shape index (κ2) is 8.21. The monoisotopic (exact) mass is 301 g/mol. The highest BCUT2D eigenvalue weighted by Crippen LogP contribution is 2.10. The summed E-state index contributed by atoms with van der Waals surface area (Å²) in [5.74, 6) is -0.928. The van der Waals surface area contributed by atoms with E-state index in [-0.39, 0.29) is 18.0 Å². The molecular weight excluding hydrogens is 286 g/mol. The first-order valence-electron chi connectivity index (χ1n) is 6.43. The molecule has 0 aliphatic carbocycles. The molecule has 0 aliphatic heterocycles. The number of hydrogen-bond donors (Lipinski definition) is 2. The van der Waals surface area contributed by atoms with Gasteiger partial charge in [0.1, 0.15) is 11.6 Å². The Kier molecular flexibility index (Phi) is 6.32. The van der Waals surface area contributed by atoms with E-state index in [0.29, 0.717) is 11.3 Å². The van der Waals surface area contributed by atoms with Crippen molar-refractivity contribution in [1.82, 2.24) is 5.32 Å². The molecule has 1 rings (SSSR count). The summed E-state index contributed by atoms with van der Waals surface area (Å²) in [7, 11) is 0. The van der Waals surface area contributed by atoms with E-state index >= 15 is 0 Å². The summed E-state index contributed by atoms with van der Waals surface area (Å²) in [5.41, 5.74) is 0.848. The SMILES string of the molecule is CCOC(=O)NC(=O)/C(C#N)=C\Nc1ccc(C(C)=O)cc1. The molecule has 114 valence electrons. The Labute approximate surface area is 127 Å². The van der Waals surface area contributed by atoms with Gasteiger partial charge in [-0.1, -0.05) is 0 Å². The molecule has 0 radical (unpaired) electrons. The van der Waals surface area contributed by atoms with E-state index in [0.717, 1.165) is 6.20 Å². The Morgan fingerprint density at radius 2 is 1.91 bits per heavy atom. The molecule has 0 saturated carbocycles.